The summed E-state index contributed by atoms with van der Waals surface area (Å²) in [5, 5.41) is 0. The number of hydrogen-bond donors (Lipinski definition) is 0. The summed E-state index contributed by atoms with van der Waals surface area (Å²) in [5.41, 5.74) is 0.327. The van der Waals surface area contributed by atoms with Crippen LogP contribution >= 0.6 is 0 Å². The van der Waals surface area contributed by atoms with E-state index in [2.05, 4.69) is 4.98 Å². The maximum atomic E-state index is 14.3. The SMILES string of the molecule is CCCCN(Cc1nc2cc(F)ccc2n1C1CCCC1)C(=O)c1c(F)ccc(F)c1F. The van der Waals surface area contributed by atoms with E-state index in [4.69, 9.17) is 0 Å². The van der Waals surface area contributed by atoms with Crippen molar-refractivity contribution in [3.8, 4) is 0 Å². The standard InChI is InChI=1S/C24H25F4N3O/c1-2-3-12-30(24(32)22-17(26)9-10-18(27)23(22)28)14-21-29-19-13-15(25)8-11-20(19)31(21)16-6-4-5-7-16/h8-11,13,16H,2-7,12,14H2,1H3. The van der Waals surface area contributed by atoms with Gasteiger partial charge in [0.1, 0.15) is 23.0 Å². The molecule has 0 unspecified atom stereocenters. The fraction of sp³-hybridized carbons (Fsp3) is 0.417. The van der Waals surface area contributed by atoms with Crippen molar-refractivity contribution >= 4 is 16.9 Å². The Kier molecular flexibility index (Phi) is 6.48. The topological polar surface area (TPSA) is 38.1 Å². The molecule has 4 nitrogen and oxygen atoms in total. The quantitative estimate of drug-likeness (QED) is 0.322. The number of aromatic nitrogens is 2. The van der Waals surface area contributed by atoms with Crippen molar-refractivity contribution < 1.29 is 22.4 Å². The number of carbonyl (C=O) groups is 1. The molecule has 0 N–H and O–H groups in total. The Morgan fingerprint density at radius 2 is 1.81 bits per heavy atom. The van der Waals surface area contributed by atoms with Gasteiger partial charge in [0, 0.05) is 18.7 Å². The fourth-order valence-electron chi connectivity index (χ4n) is 4.46. The van der Waals surface area contributed by atoms with Gasteiger partial charge in [-0.05, 0) is 43.5 Å². The monoisotopic (exact) mass is 447 g/mol. The van der Waals surface area contributed by atoms with E-state index in [9.17, 15) is 22.4 Å². The summed E-state index contributed by atoms with van der Waals surface area (Å²) >= 11 is 0. The second kappa shape index (κ2) is 9.30. The third kappa shape index (κ3) is 4.23. The Hall–Kier alpha value is -2.90. The van der Waals surface area contributed by atoms with Gasteiger partial charge >= 0.3 is 0 Å². The smallest absolute Gasteiger partial charge is 0.260 e. The molecule has 1 heterocycles. The molecule has 4 rings (SSSR count). The highest BCUT2D eigenvalue weighted by molar-refractivity contribution is 5.94. The van der Waals surface area contributed by atoms with E-state index in [0.717, 1.165) is 43.7 Å². The molecule has 1 aliphatic rings. The van der Waals surface area contributed by atoms with Gasteiger partial charge in [0.25, 0.3) is 5.91 Å². The lowest BCUT2D eigenvalue weighted by Gasteiger charge is -2.25. The summed E-state index contributed by atoms with van der Waals surface area (Å²) in [7, 11) is 0. The Balaban J connectivity index is 1.76. The van der Waals surface area contributed by atoms with Gasteiger partial charge in [0.15, 0.2) is 11.6 Å². The van der Waals surface area contributed by atoms with E-state index in [1.54, 1.807) is 6.07 Å². The summed E-state index contributed by atoms with van der Waals surface area (Å²) in [4.78, 5) is 19.0. The lowest BCUT2D eigenvalue weighted by molar-refractivity contribution is 0.0722. The summed E-state index contributed by atoms with van der Waals surface area (Å²) < 4.78 is 58.3. The molecule has 32 heavy (non-hydrogen) atoms. The number of carbonyl (C=O) groups excluding carboxylic acids is 1. The molecular weight excluding hydrogens is 422 g/mol. The van der Waals surface area contributed by atoms with Crippen molar-refractivity contribution in [2.45, 2.75) is 58.0 Å². The van der Waals surface area contributed by atoms with Crippen LogP contribution in [0.2, 0.25) is 0 Å². The number of fused-ring (bicyclic) bond motifs is 1. The van der Waals surface area contributed by atoms with Crippen LogP contribution in [0.3, 0.4) is 0 Å². The van der Waals surface area contributed by atoms with Crippen molar-refractivity contribution in [3.05, 3.63) is 65.0 Å². The van der Waals surface area contributed by atoms with Crippen LogP contribution < -0.4 is 0 Å². The highest BCUT2D eigenvalue weighted by atomic mass is 19.2. The molecule has 3 aromatic rings. The van der Waals surface area contributed by atoms with E-state index in [1.807, 2.05) is 11.5 Å². The molecule has 1 amide bonds. The predicted molar refractivity (Wildman–Crippen MR) is 113 cm³/mol. The summed E-state index contributed by atoms with van der Waals surface area (Å²) in [6.07, 6.45) is 5.34. The van der Waals surface area contributed by atoms with Crippen LogP contribution in [-0.4, -0.2) is 26.9 Å². The Morgan fingerprint density at radius 3 is 2.53 bits per heavy atom. The number of halogens is 4. The zero-order valence-corrected chi connectivity index (χ0v) is 17.9. The number of amides is 1. The molecule has 1 aliphatic carbocycles. The largest absolute Gasteiger partial charge is 0.331 e. The van der Waals surface area contributed by atoms with E-state index >= 15 is 0 Å². The lowest BCUT2D eigenvalue weighted by atomic mass is 10.1. The van der Waals surface area contributed by atoms with Gasteiger partial charge in [-0.15, -0.1) is 0 Å². The first-order chi connectivity index (χ1) is 15.4. The van der Waals surface area contributed by atoms with Crippen LogP contribution in [0.5, 0.6) is 0 Å². The molecule has 1 aromatic heterocycles. The van der Waals surface area contributed by atoms with E-state index in [0.29, 0.717) is 23.8 Å². The van der Waals surface area contributed by atoms with Gasteiger partial charge in [0.2, 0.25) is 0 Å². The van der Waals surface area contributed by atoms with Gasteiger partial charge in [-0.2, -0.15) is 0 Å². The normalized spacial score (nSPS) is 14.4. The first kappa shape index (κ1) is 22.3. The minimum absolute atomic E-state index is 0.0129. The van der Waals surface area contributed by atoms with Crippen molar-refractivity contribution in [2.75, 3.05) is 6.54 Å². The Bertz CT molecular complexity index is 1140. The number of benzene rings is 2. The Labute approximate surface area is 183 Å². The van der Waals surface area contributed by atoms with Crippen molar-refractivity contribution in [3.63, 3.8) is 0 Å². The third-order valence-electron chi connectivity index (χ3n) is 6.07. The van der Waals surface area contributed by atoms with Gasteiger partial charge in [-0.3, -0.25) is 4.79 Å². The lowest BCUT2D eigenvalue weighted by Crippen LogP contribution is -2.34. The van der Waals surface area contributed by atoms with E-state index < -0.39 is 34.7 Å². The highest BCUT2D eigenvalue weighted by Gasteiger charge is 2.29. The zero-order chi connectivity index (χ0) is 22.8. The van der Waals surface area contributed by atoms with Crippen LogP contribution in [0, 0.1) is 23.3 Å². The summed E-state index contributed by atoms with van der Waals surface area (Å²) in [6, 6.07) is 5.95. The molecule has 0 bridgehead atoms. The molecule has 170 valence electrons. The third-order valence-corrected chi connectivity index (χ3v) is 6.07. The molecule has 8 heteroatoms. The van der Waals surface area contributed by atoms with Crippen LogP contribution in [0.25, 0.3) is 11.0 Å². The molecule has 0 spiro atoms. The molecular formula is C24H25F4N3O. The number of imidazole rings is 1. The number of nitrogens with zero attached hydrogens (tertiary/aromatic N) is 3. The molecule has 0 atom stereocenters. The number of rotatable bonds is 7. The van der Waals surface area contributed by atoms with Crippen LogP contribution in [0.15, 0.2) is 30.3 Å². The average Bonchev–Trinajstić information content (AvgIpc) is 3.40. The maximum Gasteiger partial charge on any atom is 0.260 e. The number of hydrogen-bond acceptors (Lipinski definition) is 2. The van der Waals surface area contributed by atoms with E-state index in [-0.39, 0.29) is 19.1 Å². The fourth-order valence-corrected chi connectivity index (χ4v) is 4.46. The first-order valence-electron chi connectivity index (χ1n) is 11.0. The molecule has 0 radical (unpaired) electrons. The minimum atomic E-state index is -1.50. The second-order valence-electron chi connectivity index (χ2n) is 8.27. The highest BCUT2D eigenvalue weighted by Crippen LogP contribution is 2.34. The van der Waals surface area contributed by atoms with Gasteiger partial charge < -0.3 is 9.47 Å². The van der Waals surface area contributed by atoms with Crippen molar-refractivity contribution in [1.82, 2.24) is 14.5 Å². The minimum Gasteiger partial charge on any atom is -0.331 e. The molecule has 2 aromatic carbocycles. The summed E-state index contributed by atoms with van der Waals surface area (Å²) in [6.45, 7) is 2.15. The average molecular weight is 447 g/mol. The van der Waals surface area contributed by atoms with Gasteiger partial charge in [-0.1, -0.05) is 26.2 Å². The second-order valence-corrected chi connectivity index (χ2v) is 8.27. The van der Waals surface area contributed by atoms with Crippen LogP contribution in [-0.2, 0) is 6.54 Å². The number of unbranched alkanes of at least 4 members (excludes halogenated alkanes) is 1. The Morgan fingerprint density at radius 1 is 1.09 bits per heavy atom. The van der Waals surface area contributed by atoms with E-state index in [1.165, 1.54) is 17.0 Å². The summed E-state index contributed by atoms with van der Waals surface area (Å²) in [5.74, 6) is -4.70. The molecule has 0 aliphatic heterocycles. The van der Waals surface area contributed by atoms with Crippen LogP contribution in [0.1, 0.15) is 67.7 Å². The van der Waals surface area contributed by atoms with Crippen molar-refractivity contribution in [2.24, 2.45) is 0 Å². The molecule has 1 saturated carbocycles. The predicted octanol–water partition coefficient (Wildman–Crippen LogP) is 6.15. The van der Waals surface area contributed by atoms with Crippen LogP contribution in [0.4, 0.5) is 17.6 Å². The van der Waals surface area contributed by atoms with Crippen molar-refractivity contribution in [1.29, 1.82) is 0 Å². The molecule has 1 fully saturated rings. The first-order valence-corrected chi connectivity index (χ1v) is 11.0. The molecule has 0 saturated heterocycles. The maximum absolute atomic E-state index is 14.3. The zero-order valence-electron chi connectivity index (χ0n) is 17.9. The van der Waals surface area contributed by atoms with Gasteiger partial charge in [0.05, 0.1) is 17.6 Å². The van der Waals surface area contributed by atoms with Gasteiger partial charge in [-0.25, -0.2) is 22.5 Å².